The Bertz CT molecular complexity index is 889. The van der Waals surface area contributed by atoms with Crippen LogP contribution in [-0.2, 0) is 28.0 Å². The van der Waals surface area contributed by atoms with E-state index in [1.165, 1.54) is 12.1 Å². The van der Waals surface area contributed by atoms with Crippen molar-refractivity contribution in [2.45, 2.75) is 31.3 Å². The first-order valence-corrected chi connectivity index (χ1v) is 9.11. The first kappa shape index (κ1) is 17.7. The van der Waals surface area contributed by atoms with Crippen LogP contribution in [0, 0.1) is 5.82 Å². The molecule has 1 saturated heterocycles. The lowest BCUT2D eigenvalue weighted by molar-refractivity contribution is -0.157. The molecule has 27 heavy (non-hydrogen) atoms. The average Bonchev–Trinajstić information content (AvgIpc) is 2.99. The van der Waals surface area contributed by atoms with E-state index in [0.29, 0.717) is 24.8 Å². The number of carbonyl (C=O) groups is 2. The number of anilines is 1. The van der Waals surface area contributed by atoms with Crippen molar-refractivity contribution in [2.24, 2.45) is 0 Å². The van der Waals surface area contributed by atoms with Crippen molar-refractivity contribution in [3.8, 4) is 0 Å². The Morgan fingerprint density at radius 2 is 1.93 bits per heavy atom. The van der Waals surface area contributed by atoms with Gasteiger partial charge >= 0.3 is 0 Å². The number of benzene rings is 2. The monoisotopic (exact) mass is 368 g/mol. The smallest absolute Gasteiger partial charge is 0.228 e. The molecule has 0 radical (unpaired) electrons. The minimum absolute atomic E-state index is 0.0137. The maximum Gasteiger partial charge on any atom is 0.228 e. The predicted molar refractivity (Wildman–Crippen MR) is 98.6 cm³/mol. The molecule has 0 atom stereocenters. The molecule has 0 unspecified atom stereocenters. The molecule has 2 aromatic carbocycles. The van der Waals surface area contributed by atoms with Crippen LogP contribution in [0.5, 0.6) is 0 Å². The van der Waals surface area contributed by atoms with Crippen LogP contribution in [0.2, 0.25) is 0 Å². The minimum Gasteiger partial charge on any atom is -0.381 e. The second-order valence-corrected chi connectivity index (χ2v) is 7.36. The molecule has 2 N–H and O–H groups in total. The standard InChI is InChI=1S/C21H21FN2O3/c22-17-7-5-16(6-8-17)21(27)12-24(13-21)20(26)3-1-2-14-4-9-18-15(10-14)11-19(25)23-18/h4-10,27H,1-3,11-13H2,(H,23,25). The highest BCUT2D eigenvalue weighted by Crippen LogP contribution is 2.32. The molecule has 0 bridgehead atoms. The number of halogens is 1. The molecule has 2 aromatic rings. The topological polar surface area (TPSA) is 69.6 Å². The van der Waals surface area contributed by atoms with Crippen LogP contribution in [0.3, 0.4) is 0 Å². The molecule has 0 aromatic heterocycles. The van der Waals surface area contributed by atoms with E-state index in [0.717, 1.165) is 23.2 Å². The fourth-order valence-electron chi connectivity index (χ4n) is 3.74. The number of hydrogen-bond acceptors (Lipinski definition) is 3. The molecule has 5 nitrogen and oxygen atoms in total. The van der Waals surface area contributed by atoms with Crippen molar-refractivity contribution in [1.29, 1.82) is 0 Å². The van der Waals surface area contributed by atoms with Crippen LogP contribution >= 0.6 is 0 Å². The van der Waals surface area contributed by atoms with Crippen molar-refractivity contribution >= 4 is 17.5 Å². The van der Waals surface area contributed by atoms with Gasteiger partial charge in [0.1, 0.15) is 11.4 Å². The van der Waals surface area contributed by atoms with Crippen LogP contribution in [0.4, 0.5) is 10.1 Å². The Morgan fingerprint density at radius 1 is 1.19 bits per heavy atom. The van der Waals surface area contributed by atoms with Gasteiger partial charge in [0.2, 0.25) is 11.8 Å². The SMILES string of the molecule is O=C1Cc2cc(CCCC(=O)N3CC(O)(c4ccc(F)cc4)C3)ccc2N1. The fraction of sp³-hybridized carbons (Fsp3) is 0.333. The van der Waals surface area contributed by atoms with Gasteiger partial charge in [0.15, 0.2) is 0 Å². The summed E-state index contributed by atoms with van der Waals surface area (Å²) in [5, 5.41) is 13.4. The minimum atomic E-state index is -1.08. The zero-order valence-corrected chi connectivity index (χ0v) is 14.9. The van der Waals surface area contributed by atoms with Crippen LogP contribution in [0.25, 0.3) is 0 Å². The number of nitrogens with zero attached hydrogens (tertiary/aromatic N) is 1. The van der Waals surface area contributed by atoms with Gasteiger partial charge in [-0.3, -0.25) is 9.59 Å². The molecule has 2 heterocycles. The van der Waals surface area contributed by atoms with E-state index in [9.17, 15) is 19.1 Å². The zero-order valence-electron chi connectivity index (χ0n) is 14.9. The van der Waals surface area contributed by atoms with Crippen LogP contribution in [0.15, 0.2) is 42.5 Å². The summed E-state index contributed by atoms with van der Waals surface area (Å²) in [6.07, 6.45) is 2.30. The Balaban J connectivity index is 1.26. The van der Waals surface area contributed by atoms with E-state index in [4.69, 9.17) is 0 Å². The summed E-state index contributed by atoms with van der Waals surface area (Å²) in [6, 6.07) is 11.7. The van der Waals surface area contributed by atoms with Crippen molar-refractivity contribution < 1.29 is 19.1 Å². The van der Waals surface area contributed by atoms with E-state index in [1.54, 1.807) is 17.0 Å². The Hall–Kier alpha value is -2.73. The van der Waals surface area contributed by atoms with Gasteiger partial charge in [-0.2, -0.15) is 0 Å². The van der Waals surface area contributed by atoms with Gasteiger partial charge in [-0.1, -0.05) is 24.3 Å². The fourth-order valence-corrected chi connectivity index (χ4v) is 3.74. The van der Waals surface area contributed by atoms with Gasteiger partial charge in [0.05, 0.1) is 19.5 Å². The van der Waals surface area contributed by atoms with Gasteiger partial charge in [0.25, 0.3) is 0 Å². The Labute approximate surface area is 156 Å². The molecular weight excluding hydrogens is 347 g/mol. The third kappa shape index (κ3) is 3.57. The summed E-state index contributed by atoms with van der Waals surface area (Å²) in [7, 11) is 0. The van der Waals surface area contributed by atoms with E-state index in [-0.39, 0.29) is 30.7 Å². The molecule has 6 heteroatoms. The van der Waals surface area contributed by atoms with Gasteiger partial charge in [-0.25, -0.2) is 4.39 Å². The van der Waals surface area contributed by atoms with E-state index < -0.39 is 5.60 Å². The van der Waals surface area contributed by atoms with Crippen molar-refractivity contribution in [3.05, 3.63) is 65.0 Å². The number of likely N-dealkylation sites (tertiary alicyclic amines) is 1. The molecule has 140 valence electrons. The summed E-state index contributed by atoms with van der Waals surface area (Å²) in [5.41, 5.74) is 2.55. The van der Waals surface area contributed by atoms with Crippen molar-refractivity contribution in [3.63, 3.8) is 0 Å². The summed E-state index contributed by atoms with van der Waals surface area (Å²) >= 11 is 0. The normalized spacial score (nSPS) is 17.3. The van der Waals surface area contributed by atoms with E-state index in [2.05, 4.69) is 5.32 Å². The summed E-state index contributed by atoms with van der Waals surface area (Å²) < 4.78 is 13.0. The molecule has 1 fully saturated rings. The third-order valence-corrected chi connectivity index (χ3v) is 5.29. The zero-order chi connectivity index (χ0) is 19.0. The lowest BCUT2D eigenvalue weighted by Gasteiger charge is -2.46. The predicted octanol–water partition coefficient (Wildman–Crippen LogP) is 2.37. The third-order valence-electron chi connectivity index (χ3n) is 5.29. The maximum absolute atomic E-state index is 13.0. The Morgan fingerprint density at radius 3 is 2.67 bits per heavy atom. The molecule has 0 spiro atoms. The second-order valence-electron chi connectivity index (χ2n) is 7.36. The number of fused-ring (bicyclic) bond motifs is 1. The lowest BCUT2D eigenvalue weighted by atomic mass is 9.86. The summed E-state index contributed by atoms with van der Waals surface area (Å²) in [4.78, 5) is 25.4. The Kier molecular flexibility index (Phi) is 4.44. The molecule has 0 saturated carbocycles. The molecule has 2 aliphatic rings. The van der Waals surface area contributed by atoms with E-state index in [1.807, 2.05) is 18.2 Å². The molecule has 0 aliphatic carbocycles. The number of nitrogens with one attached hydrogen (secondary N) is 1. The quantitative estimate of drug-likeness (QED) is 0.851. The maximum atomic E-state index is 13.0. The number of aliphatic hydroxyl groups is 1. The van der Waals surface area contributed by atoms with E-state index >= 15 is 0 Å². The first-order valence-electron chi connectivity index (χ1n) is 9.11. The van der Waals surface area contributed by atoms with Crippen molar-refractivity contribution in [2.75, 3.05) is 18.4 Å². The molecule has 2 amide bonds. The lowest BCUT2D eigenvalue weighted by Crippen LogP contribution is -2.61. The van der Waals surface area contributed by atoms with Gasteiger partial charge in [-0.05, 0) is 47.7 Å². The highest BCUT2D eigenvalue weighted by molar-refractivity contribution is 5.99. The number of hydrogen-bond donors (Lipinski definition) is 2. The van der Waals surface area contributed by atoms with Crippen LogP contribution in [-0.4, -0.2) is 34.9 Å². The van der Waals surface area contributed by atoms with Crippen molar-refractivity contribution in [1.82, 2.24) is 4.90 Å². The highest BCUT2D eigenvalue weighted by Gasteiger charge is 2.44. The summed E-state index contributed by atoms with van der Waals surface area (Å²) in [6.45, 7) is 0.480. The largest absolute Gasteiger partial charge is 0.381 e. The second kappa shape index (κ2) is 6.78. The van der Waals surface area contributed by atoms with Gasteiger partial charge < -0.3 is 15.3 Å². The average molecular weight is 368 g/mol. The van der Waals surface area contributed by atoms with Crippen LogP contribution < -0.4 is 5.32 Å². The molecular formula is C21H21FN2O3. The number of β-amino-alcohol motifs (C(OH)–C–C–N with tert-alkyl or cyclic N) is 1. The number of aryl methyl sites for hydroxylation is 1. The van der Waals surface area contributed by atoms with Crippen LogP contribution in [0.1, 0.15) is 29.5 Å². The molecule has 4 rings (SSSR count). The number of carbonyl (C=O) groups excluding carboxylic acids is 2. The highest BCUT2D eigenvalue weighted by atomic mass is 19.1. The number of rotatable bonds is 5. The van der Waals surface area contributed by atoms with Gasteiger partial charge in [-0.15, -0.1) is 0 Å². The molecule has 2 aliphatic heterocycles. The van der Waals surface area contributed by atoms with Gasteiger partial charge in [0, 0.05) is 12.1 Å². The summed E-state index contributed by atoms with van der Waals surface area (Å²) in [5.74, 6) is -0.315. The first-order chi connectivity index (χ1) is 12.9. The number of amides is 2.